The Morgan fingerprint density at radius 3 is 2.88 bits per heavy atom. The van der Waals surface area contributed by atoms with E-state index in [9.17, 15) is 8.78 Å². The maximum atomic E-state index is 13.4. The average molecular weight is 359 g/mol. The van der Waals surface area contributed by atoms with Gasteiger partial charge in [0, 0.05) is 30.7 Å². The standard InChI is InChI=1S/C15H11F2N7O2/c16-15(17)25-9-3-2-8-11(12(9)26-15)21-14(18)24-13(8)20-10(22-24)4-7-23-6-1-5-19-23/h1-3,5-6H,4,7H2,(H2,18,21). The van der Waals surface area contributed by atoms with Crippen molar-refractivity contribution in [1.82, 2.24) is 29.4 Å². The first-order chi connectivity index (χ1) is 12.5. The lowest BCUT2D eigenvalue weighted by Crippen LogP contribution is -2.26. The molecule has 1 aromatic carbocycles. The molecule has 5 rings (SSSR count). The van der Waals surface area contributed by atoms with Crippen LogP contribution < -0.4 is 15.2 Å². The minimum Gasteiger partial charge on any atom is -0.395 e. The summed E-state index contributed by atoms with van der Waals surface area (Å²) < 4.78 is 38.9. The molecule has 4 heterocycles. The fraction of sp³-hybridized carbons (Fsp3) is 0.200. The number of rotatable bonds is 3. The fourth-order valence-corrected chi connectivity index (χ4v) is 2.89. The average Bonchev–Trinajstić information content (AvgIpc) is 3.29. The number of aryl methyl sites for hydroxylation is 2. The van der Waals surface area contributed by atoms with Crippen LogP contribution in [-0.2, 0) is 13.0 Å². The number of nitrogen functional groups attached to an aromatic ring is 1. The van der Waals surface area contributed by atoms with E-state index >= 15 is 0 Å². The summed E-state index contributed by atoms with van der Waals surface area (Å²) in [5.74, 6) is 0.280. The van der Waals surface area contributed by atoms with Gasteiger partial charge in [0.05, 0.1) is 0 Å². The first kappa shape index (κ1) is 14.8. The minimum atomic E-state index is -3.73. The van der Waals surface area contributed by atoms with Crippen molar-refractivity contribution >= 4 is 22.5 Å². The summed E-state index contributed by atoms with van der Waals surface area (Å²) in [4.78, 5) is 8.62. The molecule has 0 saturated heterocycles. The van der Waals surface area contributed by atoms with Gasteiger partial charge in [0.15, 0.2) is 23.0 Å². The van der Waals surface area contributed by atoms with Crippen LogP contribution >= 0.6 is 0 Å². The predicted octanol–water partition coefficient (Wildman–Crippen LogP) is 1.62. The van der Waals surface area contributed by atoms with Crippen LogP contribution in [-0.4, -0.2) is 35.7 Å². The van der Waals surface area contributed by atoms with Crippen molar-refractivity contribution in [1.29, 1.82) is 0 Å². The second kappa shape index (κ2) is 5.00. The van der Waals surface area contributed by atoms with E-state index in [1.54, 1.807) is 16.9 Å². The van der Waals surface area contributed by atoms with E-state index in [1.807, 2.05) is 12.3 Å². The third-order valence-corrected chi connectivity index (χ3v) is 4.00. The smallest absolute Gasteiger partial charge is 0.395 e. The van der Waals surface area contributed by atoms with Gasteiger partial charge in [0.2, 0.25) is 5.95 Å². The molecule has 0 spiro atoms. The Morgan fingerprint density at radius 1 is 1.19 bits per heavy atom. The number of anilines is 1. The van der Waals surface area contributed by atoms with E-state index in [4.69, 9.17) is 5.73 Å². The van der Waals surface area contributed by atoms with Crippen molar-refractivity contribution in [3.8, 4) is 11.5 Å². The number of hydrogen-bond acceptors (Lipinski definition) is 7. The maximum Gasteiger partial charge on any atom is 0.586 e. The molecule has 0 aliphatic carbocycles. The Balaban J connectivity index is 1.62. The van der Waals surface area contributed by atoms with E-state index in [-0.39, 0.29) is 23.0 Å². The number of aromatic nitrogens is 6. The van der Waals surface area contributed by atoms with Crippen LogP contribution in [0.25, 0.3) is 16.6 Å². The number of halogens is 2. The fourth-order valence-electron chi connectivity index (χ4n) is 2.89. The molecule has 0 saturated carbocycles. The molecule has 1 aliphatic rings. The molecule has 3 aromatic heterocycles. The number of hydrogen-bond donors (Lipinski definition) is 1. The highest BCUT2D eigenvalue weighted by Crippen LogP contribution is 2.45. The molecule has 11 heteroatoms. The Hall–Kier alpha value is -3.50. The quantitative estimate of drug-likeness (QED) is 0.592. The van der Waals surface area contributed by atoms with Gasteiger partial charge in [-0.15, -0.1) is 13.9 Å². The zero-order chi connectivity index (χ0) is 17.9. The maximum absolute atomic E-state index is 13.4. The minimum absolute atomic E-state index is 0.0116. The van der Waals surface area contributed by atoms with Crippen molar-refractivity contribution < 1.29 is 18.3 Å². The Labute approximate surface area is 144 Å². The first-order valence-corrected chi connectivity index (χ1v) is 7.71. The number of alkyl halides is 2. The van der Waals surface area contributed by atoms with E-state index in [0.29, 0.717) is 29.8 Å². The topological polar surface area (TPSA) is 105 Å². The van der Waals surface area contributed by atoms with Crippen molar-refractivity contribution in [2.75, 3.05) is 5.73 Å². The summed E-state index contributed by atoms with van der Waals surface area (Å²) in [6.07, 6.45) is 0.307. The molecule has 1 aliphatic heterocycles. The van der Waals surface area contributed by atoms with Gasteiger partial charge in [-0.05, 0) is 18.2 Å². The van der Waals surface area contributed by atoms with Crippen molar-refractivity contribution in [2.45, 2.75) is 19.3 Å². The summed E-state index contributed by atoms with van der Waals surface area (Å²) in [5.41, 5.74) is 6.49. The van der Waals surface area contributed by atoms with Gasteiger partial charge >= 0.3 is 6.29 Å². The van der Waals surface area contributed by atoms with Gasteiger partial charge in [-0.25, -0.2) is 9.97 Å². The third kappa shape index (κ3) is 2.20. The van der Waals surface area contributed by atoms with Gasteiger partial charge in [-0.1, -0.05) is 0 Å². The normalized spacial score (nSPS) is 15.2. The molecule has 0 unspecified atom stereocenters. The number of fused-ring (bicyclic) bond motifs is 5. The molecule has 0 amide bonds. The zero-order valence-corrected chi connectivity index (χ0v) is 13.1. The highest BCUT2D eigenvalue weighted by atomic mass is 19.3. The van der Waals surface area contributed by atoms with Crippen LogP contribution in [0.15, 0.2) is 30.6 Å². The van der Waals surface area contributed by atoms with Gasteiger partial charge in [0.25, 0.3) is 0 Å². The monoisotopic (exact) mass is 359 g/mol. The van der Waals surface area contributed by atoms with Crippen LogP contribution in [0.1, 0.15) is 5.82 Å². The van der Waals surface area contributed by atoms with Gasteiger partial charge in [-0.2, -0.15) is 9.61 Å². The van der Waals surface area contributed by atoms with Crippen molar-refractivity contribution in [3.63, 3.8) is 0 Å². The second-order valence-corrected chi connectivity index (χ2v) is 5.71. The van der Waals surface area contributed by atoms with E-state index in [2.05, 4.69) is 29.6 Å². The van der Waals surface area contributed by atoms with Gasteiger partial charge < -0.3 is 15.2 Å². The van der Waals surface area contributed by atoms with Gasteiger partial charge in [-0.3, -0.25) is 4.68 Å². The molecule has 132 valence electrons. The molecule has 0 bridgehead atoms. The molecule has 0 radical (unpaired) electrons. The summed E-state index contributed by atoms with van der Waals surface area (Å²) in [7, 11) is 0. The largest absolute Gasteiger partial charge is 0.586 e. The zero-order valence-electron chi connectivity index (χ0n) is 13.1. The number of nitrogens with two attached hydrogens (primary N) is 1. The molecule has 0 fully saturated rings. The molecule has 9 nitrogen and oxygen atoms in total. The van der Waals surface area contributed by atoms with Crippen LogP contribution in [0.2, 0.25) is 0 Å². The summed E-state index contributed by atoms with van der Waals surface area (Å²) >= 11 is 0. The lowest BCUT2D eigenvalue weighted by Gasteiger charge is -2.05. The molecule has 26 heavy (non-hydrogen) atoms. The highest BCUT2D eigenvalue weighted by molar-refractivity contribution is 5.97. The molecular weight excluding hydrogens is 348 g/mol. The SMILES string of the molecule is Nc1nc2c3c(ccc2c2nc(CCn4cccn4)nn12)OC(F)(F)O3. The van der Waals surface area contributed by atoms with Crippen LogP contribution in [0.3, 0.4) is 0 Å². The van der Waals surface area contributed by atoms with Gasteiger partial charge in [0.1, 0.15) is 5.52 Å². The van der Waals surface area contributed by atoms with Crippen molar-refractivity contribution in [3.05, 3.63) is 36.4 Å². The third-order valence-electron chi connectivity index (χ3n) is 4.00. The molecule has 2 N–H and O–H groups in total. The van der Waals surface area contributed by atoms with Crippen LogP contribution in [0.4, 0.5) is 14.7 Å². The lowest BCUT2D eigenvalue weighted by molar-refractivity contribution is -0.286. The predicted molar refractivity (Wildman–Crippen MR) is 84.8 cm³/mol. The molecule has 4 aromatic rings. The summed E-state index contributed by atoms with van der Waals surface area (Å²) in [6, 6.07) is 4.78. The Morgan fingerprint density at radius 2 is 2.08 bits per heavy atom. The Kier molecular flexibility index (Phi) is 2.85. The second-order valence-electron chi connectivity index (χ2n) is 5.71. The molecular formula is C15H11F2N7O2. The highest BCUT2D eigenvalue weighted by Gasteiger charge is 2.44. The molecule has 0 atom stereocenters. The van der Waals surface area contributed by atoms with E-state index in [0.717, 1.165) is 0 Å². The van der Waals surface area contributed by atoms with Crippen molar-refractivity contribution in [2.24, 2.45) is 0 Å². The lowest BCUT2D eigenvalue weighted by atomic mass is 10.2. The number of nitrogens with zero attached hydrogens (tertiary/aromatic N) is 6. The van der Waals surface area contributed by atoms with E-state index in [1.165, 1.54) is 10.6 Å². The van der Waals surface area contributed by atoms with E-state index < -0.39 is 6.29 Å². The number of benzene rings is 1. The summed E-state index contributed by atoms with van der Waals surface area (Å²) in [6.45, 7) is 0.591. The Bertz CT molecular complexity index is 1140. The van der Waals surface area contributed by atoms with Crippen LogP contribution in [0.5, 0.6) is 11.5 Å². The first-order valence-electron chi connectivity index (χ1n) is 7.71. The van der Waals surface area contributed by atoms with Crippen LogP contribution in [0, 0.1) is 0 Å². The summed E-state index contributed by atoms with van der Waals surface area (Å²) in [5, 5.41) is 8.95. The number of ether oxygens (including phenoxy) is 2.